The molecule has 0 bridgehead atoms. The summed E-state index contributed by atoms with van der Waals surface area (Å²) in [4.78, 5) is 6.42. The number of likely N-dealkylation sites (N-methyl/N-ethyl adjacent to an activating group) is 1. The van der Waals surface area contributed by atoms with Gasteiger partial charge in [-0.1, -0.05) is 19.1 Å². The molecule has 1 saturated heterocycles. The van der Waals surface area contributed by atoms with Gasteiger partial charge in [-0.25, -0.2) is 13.4 Å². The first-order valence-electron chi connectivity index (χ1n) is 9.63. The molecule has 6 nitrogen and oxygen atoms in total. The zero-order valence-electron chi connectivity index (χ0n) is 16.9. The first-order valence-corrected chi connectivity index (χ1v) is 11.1. The highest BCUT2D eigenvalue weighted by atomic mass is 32.2. The maximum absolute atomic E-state index is 12.7. The van der Waals surface area contributed by atoms with E-state index in [0.717, 1.165) is 17.7 Å². The summed E-state index contributed by atoms with van der Waals surface area (Å²) in [5.74, 6) is 0.453. The fourth-order valence-corrected chi connectivity index (χ4v) is 4.56. The van der Waals surface area contributed by atoms with E-state index in [1.165, 1.54) is 28.7 Å². The summed E-state index contributed by atoms with van der Waals surface area (Å²) in [5, 5.41) is 3.10. The van der Waals surface area contributed by atoms with Crippen molar-refractivity contribution in [2.45, 2.75) is 23.9 Å². The van der Waals surface area contributed by atoms with E-state index < -0.39 is 21.8 Å². The van der Waals surface area contributed by atoms with Gasteiger partial charge in [0.15, 0.2) is 0 Å². The molecule has 1 aromatic heterocycles. The van der Waals surface area contributed by atoms with Crippen LogP contribution in [-0.4, -0.2) is 62.4 Å². The highest BCUT2D eigenvalue weighted by molar-refractivity contribution is 7.89. The molecule has 1 atom stereocenters. The molecule has 1 aliphatic heterocycles. The van der Waals surface area contributed by atoms with Crippen molar-refractivity contribution in [2.24, 2.45) is 0 Å². The molecular weight excluding hydrogens is 417 g/mol. The van der Waals surface area contributed by atoms with Crippen LogP contribution < -0.4 is 5.32 Å². The number of nitrogens with one attached hydrogen (secondary N) is 1. The van der Waals surface area contributed by atoms with Gasteiger partial charge in [-0.3, -0.25) is 0 Å². The number of aromatic nitrogens is 1. The van der Waals surface area contributed by atoms with E-state index in [2.05, 4.69) is 15.2 Å². The molecule has 0 amide bonds. The number of sulfonamides is 1. The average Bonchev–Trinajstić information content (AvgIpc) is 2.72. The number of anilines is 1. The van der Waals surface area contributed by atoms with Crippen molar-refractivity contribution in [3.63, 3.8) is 0 Å². The molecule has 164 valence electrons. The average molecular weight is 443 g/mol. The van der Waals surface area contributed by atoms with Gasteiger partial charge in [0.2, 0.25) is 10.0 Å². The van der Waals surface area contributed by atoms with Crippen LogP contribution in [0.2, 0.25) is 0 Å². The molecule has 0 saturated carbocycles. The molecule has 1 aliphatic rings. The molecule has 30 heavy (non-hydrogen) atoms. The van der Waals surface area contributed by atoms with E-state index in [9.17, 15) is 21.6 Å². The lowest BCUT2D eigenvalue weighted by Gasteiger charge is -2.31. The largest absolute Gasteiger partial charge is 0.416 e. The van der Waals surface area contributed by atoms with Crippen LogP contribution in [0, 0.1) is 0 Å². The third kappa shape index (κ3) is 5.30. The van der Waals surface area contributed by atoms with E-state index in [1.807, 2.05) is 14.0 Å². The van der Waals surface area contributed by atoms with Crippen molar-refractivity contribution in [1.82, 2.24) is 14.2 Å². The second kappa shape index (κ2) is 8.91. The Bertz CT molecular complexity index is 940. The quantitative estimate of drug-likeness (QED) is 0.744. The molecule has 1 N–H and O–H groups in total. The van der Waals surface area contributed by atoms with Gasteiger partial charge in [0.05, 0.1) is 5.56 Å². The summed E-state index contributed by atoms with van der Waals surface area (Å²) in [7, 11) is -1.61. The van der Waals surface area contributed by atoms with Gasteiger partial charge in [-0.2, -0.15) is 17.5 Å². The number of rotatable bonds is 6. The van der Waals surface area contributed by atoms with Crippen molar-refractivity contribution < 1.29 is 21.6 Å². The number of hydrogen-bond acceptors (Lipinski definition) is 5. The fourth-order valence-electron chi connectivity index (χ4n) is 3.19. The van der Waals surface area contributed by atoms with Crippen LogP contribution >= 0.6 is 0 Å². The Morgan fingerprint density at radius 1 is 1.07 bits per heavy atom. The monoisotopic (exact) mass is 442 g/mol. The molecule has 0 radical (unpaired) electrons. The van der Waals surface area contributed by atoms with Crippen LogP contribution in [-0.2, 0) is 16.2 Å². The number of nitrogens with zero attached hydrogens (tertiary/aromatic N) is 3. The smallest absolute Gasteiger partial charge is 0.369 e. The molecule has 0 aliphatic carbocycles. The van der Waals surface area contributed by atoms with Gasteiger partial charge in [0, 0.05) is 38.9 Å². The minimum Gasteiger partial charge on any atom is -0.369 e. The first-order chi connectivity index (χ1) is 14.1. The third-order valence-electron chi connectivity index (χ3n) is 5.23. The molecular formula is C20H25F3N4O2S. The van der Waals surface area contributed by atoms with E-state index >= 15 is 0 Å². The Hall–Kier alpha value is -2.17. The van der Waals surface area contributed by atoms with Crippen LogP contribution in [0.5, 0.6) is 0 Å². The van der Waals surface area contributed by atoms with Gasteiger partial charge >= 0.3 is 6.18 Å². The lowest BCUT2D eigenvalue weighted by atomic mass is 9.99. The second-order valence-corrected chi connectivity index (χ2v) is 9.43. The number of pyridine rings is 1. The van der Waals surface area contributed by atoms with E-state index in [0.29, 0.717) is 38.5 Å². The second-order valence-electron chi connectivity index (χ2n) is 7.49. The number of halogens is 3. The lowest BCUT2D eigenvalue weighted by Crippen LogP contribution is -2.47. The summed E-state index contributed by atoms with van der Waals surface area (Å²) in [6, 6.07) is 8.20. The van der Waals surface area contributed by atoms with Crippen LogP contribution in [0.1, 0.15) is 24.0 Å². The molecule has 0 spiro atoms. The summed E-state index contributed by atoms with van der Waals surface area (Å²) < 4.78 is 64.9. The van der Waals surface area contributed by atoms with E-state index in [-0.39, 0.29) is 10.8 Å². The normalized spacial score (nSPS) is 17.6. The molecule has 1 aromatic carbocycles. The number of alkyl halides is 3. The molecule has 2 aromatic rings. The minimum absolute atomic E-state index is 0.0529. The minimum atomic E-state index is -4.35. The Labute approximate surface area is 174 Å². The third-order valence-corrected chi connectivity index (χ3v) is 7.11. The summed E-state index contributed by atoms with van der Waals surface area (Å²) in [6.45, 7) is 4.61. The zero-order chi connectivity index (χ0) is 21.9. The van der Waals surface area contributed by atoms with Crippen molar-refractivity contribution in [2.75, 3.05) is 45.1 Å². The summed E-state index contributed by atoms with van der Waals surface area (Å²) in [5.41, 5.74) is 0.0926. The Balaban J connectivity index is 1.59. The van der Waals surface area contributed by atoms with E-state index in [1.54, 1.807) is 6.07 Å². The van der Waals surface area contributed by atoms with Crippen LogP contribution in [0.15, 0.2) is 47.5 Å². The number of hydrogen-bond donors (Lipinski definition) is 1. The predicted molar refractivity (Wildman–Crippen MR) is 109 cm³/mol. The van der Waals surface area contributed by atoms with Crippen molar-refractivity contribution in [3.05, 3.63) is 53.7 Å². The zero-order valence-corrected chi connectivity index (χ0v) is 17.7. The maximum Gasteiger partial charge on any atom is 0.416 e. The molecule has 10 heteroatoms. The standard InChI is InChI=1S/C20H25F3N4O2S/c1-15(16-3-5-17(6-4-16)20(21,22)23)13-24-19-8-7-18(14-25-19)30(28,29)27-11-9-26(2)10-12-27/h3-8,14-15H,9-13H2,1-2H3,(H,24,25). The van der Waals surface area contributed by atoms with Crippen LogP contribution in [0.25, 0.3) is 0 Å². The predicted octanol–water partition coefficient (Wildman–Crippen LogP) is 3.25. The number of benzene rings is 1. The maximum atomic E-state index is 12.7. The van der Waals surface area contributed by atoms with Crippen molar-refractivity contribution in [3.8, 4) is 0 Å². The Kier molecular flexibility index (Phi) is 6.68. The van der Waals surface area contributed by atoms with Gasteiger partial charge in [-0.05, 0) is 42.8 Å². The van der Waals surface area contributed by atoms with Crippen molar-refractivity contribution in [1.29, 1.82) is 0 Å². The highest BCUT2D eigenvalue weighted by Crippen LogP contribution is 2.30. The molecule has 1 fully saturated rings. The van der Waals surface area contributed by atoms with Gasteiger partial charge < -0.3 is 10.2 Å². The number of piperazine rings is 1. The summed E-state index contributed by atoms with van der Waals surface area (Å²) >= 11 is 0. The topological polar surface area (TPSA) is 65.5 Å². The fraction of sp³-hybridized carbons (Fsp3) is 0.450. The SMILES string of the molecule is CC(CNc1ccc(S(=O)(=O)N2CCN(C)CC2)cn1)c1ccc(C(F)(F)F)cc1. The molecule has 3 rings (SSSR count). The first kappa shape index (κ1) is 22.5. The van der Waals surface area contributed by atoms with Crippen LogP contribution in [0.4, 0.5) is 19.0 Å². The Morgan fingerprint density at radius 2 is 1.70 bits per heavy atom. The van der Waals surface area contributed by atoms with Crippen molar-refractivity contribution >= 4 is 15.8 Å². The molecule has 2 heterocycles. The highest BCUT2D eigenvalue weighted by Gasteiger charge is 2.30. The van der Waals surface area contributed by atoms with Crippen LogP contribution in [0.3, 0.4) is 0 Å². The molecule has 1 unspecified atom stereocenters. The Morgan fingerprint density at radius 3 is 2.23 bits per heavy atom. The van der Waals surface area contributed by atoms with Gasteiger partial charge in [0.25, 0.3) is 0 Å². The van der Waals surface area contributed by atoms with E-state index in [4.69, 9.17) is 0 Å². The summed E-state index contributed by atoms with van der Waals surface area (Å²) in [6.07, 6.45) is -3.02. The lowest BCUT2D eigenvalue weighted by molar-refractivity contribution is -0.137. The van der Waals surface area contributed by atoms with Gasteiger partial charge in [-0.15, -0.1) is 0 Å². The van der Waals surface area contributed by atoms with Gasteiger partial charge in [0.1, 0.15) is 10.7 Å².